The Bertz CT molecular complexity index is 653. The molecular weight excluding hydrogens is 350 g/mol. The molecular formula is C21H28ClNO3. The molecule has 1 amide bonds. The fourth-order valence-electron chi connectivity index (χ4n) is 2.38. The van der Waals surface area contributed by atoms with Crippen LogP contribution in [0.2, 0.25) is 0 Å². The number of fused-ring (bicyclic) bond motifs is 1. The standard InChI is InChI=1S/C19H22ClNO3.C2H6/c1-3-6-15(4-2)7-5-10-21(19(22)14-20)16-8-9-17-18(13-16)24-12-11-23-17;1-2/h3,5-9,13H,1,4,10-12,14H2,2H3;1-2H3/b7-5+,15-6+;. The summed E-state index contributed by atoms with van der Waals surface area (Å²) in [4.78, 5) is 13.8. The Labute approximate surface area is 161 Å². The smallest absolute Gasteiger partial charge is 0.242 e. The van der Waals surface area contributed by atoms with Crippen LogP contribution in [-0.2, 0) is 4.79 Å². The summed E-state index contributed by atoms with van der Waals surface area (Å²) in [7, 11) is 0. The van der Waals surface area contributed by atoms with Crippen LogP contribution in [0.4, 0.5) is 5.69 Å². The molecule has 1 heterocycles. The van der Waals surface area contributed by atoms with Gasteiger partial charge in [0.15, 0.2) is 11.5 Å². The number of ether oxygens (including phenoxy) is 2. The van der Waals surface area contributed by atoms with E-state index in [1.807, 2.05) is 50.3 Å². The van der Waals surface area contributed by atoms with Crippen LogP contribution in [0.1, 0.15) is 27.2 Å². The van der Waals surface area contributed by atoms with E-state index in [2.05, 4.69) is 13.5 Å². The molecule has 0 atom stereocenters. The van der Waals surface area contributed by atoms with Gasteiger partial charge in [0, 0.05) is 18.3 Å². The summed E-state index contributed by atoms with van der Waals surface area (Å²) in [6.07, 6.45) is 8.55. The van der Waals surface area contributed by atoms with Crippen LogP contribution in [0.5, 0.6) is 11.5 Å². The van der Waals surface area contributed by atoms with Crippen LogP contribution < -0.4 is 14.4 Å². The first-order chi connectivity index (χ1) is 12.7. The average Bonchev–Trinajstić information content (AvgIpc) is 2.71. The van der Waals surface area contributed by atoms with Gasteiger partial charge < -0.3 is 14.4 Å². The van der Waals surface area contributed by atoms with Crippen molar-refractivity contribution in [2.45, 2.75) is 27.2 Å². The van der Waals surface area contributed by atoms with Gasteiger partial charge in [-0.15, -0.1) is 11.6 Å². The highest BCUT2D eigenvalue weighted by atomic mass is 35.5. The second-order valence-electron chi connectivity index (χ2n) is 5.20. The van der Waals surface area contributed by atoms with Crippen molar-refractivity contribution in [1.82, 2.24) is 0 Å². The molecule has 0 radical (unpaired) electrons. The van der Waals surface area contributed by atoms with E-state index >= 15 is 0 Å². The van der Waals surface area contributed by atoms with Crippen LogP contribution in [0.15, 0.2) is 54.7 Å². The SMILES string of the molecule is C=C/C=C(/C=C/CN(C(=O)CCl)c1ccc2c(c1)OCCO2)CC.CC. The van der Waals surface area contributed by atoms with E-state index in [1.54, 1.807) is 11.0 Å². The number of allylic oxidation sites excluding steroid dienone is 4. The molecule has 0 N–H and O–H groups in total. The number of carbonyl (C=O) groups excluding carboxylic acids is 1. The maximum atomic E-state index is 12.2. The molecule has 1 aliphatic heterocycles. The van der Waals surface area contributed by atoms with E-state index in [9.17, 15) is 4.79 Å². The highest BCUT2D eigenvalue weighted by Gasteiger charge is 2.18. The predicted molar refractivity (Wildman–Crippen MR) is 110 cm³/mol. The molecule has 2 rings (SSSR count). The maximum Gasteiger partial charge on any atom is 0.242 e. The first kappa shape index (κ1) is 21.8. The van der Waals surface area contributed by atoms with Gasteiger partial charge in [0.2, 0.25) is 5.91 Å². The molecule has 0 saturated carbocycles. The summed E-state index contributed by atoms with van der Waals surface area (Å²) in [5.74, 6) is 1.10. The number of hydrogen-bond donors (Lipinski definition) is 0. The topological polar surface area (TPSA) is 38.8 Å². The summed E-state index contributed by atoms with van der Waals surface area (Å²) in [6, 6.07) is 5.47. The Kier molecular flexibility index (Phi) is 10.3. The lowest BCUT2D eigenvalue weighted by atomic mass is 10.1. The number of rotatable bonds is 7. The maximum absolute atomic E-state index is 12.2. The number of alkyl halides is 1. The largest absolute Gasteiger partial charge is 0.486 e. The van der Waals surface area contributed by atoms with E-state index in [0.29, 0.717) is 31.3 Å². The lowest BCUT2D eigenvalue weighted by molar-refractivity contribution is -0.116. The fourth-order valence-corrected chi connectivity index (χ4v) is 2.52. The van der Waals surface area contributed by atoms with Gasteiger partial charge in [-0.25, -0.2) is 0 Å². The molecule has 1 aromatic rings. The minimum Gasteiger partial charge on any atom is -0.486 e. The summed E-state index contributed by atoms with van der Waals surface area (Å²) < 4.78 is 11.1. The van der Waals surface area contributed by atoms with Gasteiger partial charge in [0.25, 0.3) is 0 Å². The van der Waals surface area contributed by atoms with E-state index in [0.717, 1.165) is 17.7 Å². The third kappa shape index (κ3) is 6.26. The molecule has 1 aromatic carbocycles. The molecule has 0 aliphatic carbocycles. The third-order valence-corrected chi connectivity index (χ3v) is 3.84. The van der Waals surface area contributed by atoms with Crippen molar-refractivity contribution in [3.05, 3.63) is 54.7 Å². The Morgan fingerprint density at radius 3 is 2.58 bits per heavy atom. The second-order valence-corrected chi connectivity index (χ2v) is 5.47. The van der Waals surface area contributed by atoms with Gasteiger partial charge in [-0.1, -0.05) is 51.7 Å². The number of hydrogen-bond acceptors (Lipinski definition) is 3. The van der Waals surface area contributed by atoms with Gasteiger partial charge in [0.05, 0.1) is 0 Å². The van der Waals surface area contributed by atoms with E-state index in [4.69, 9.17) is 21.1 Å². The molecule has 0 spiro atoms. The van der Waals surface area contributed by atoms with Crippen LogP contribution >= 0.6 is 11.6 Å². The van der Waals surface area contributed by atoms with Crippen molar-refractivity contribution >= 4 is 23.2 Å². The van der Waals surface area contributed by atoms with Crippen LogP contribution in [0.3, 0.4) is 0 Å². The molecule has 1 aliphatic rings. The Morgan fingerprint density at radius 1 is 1.27 bits per heavy atom. The predicted octanol–water partition coefficient (Wildman–Crippen LogP) is 5.13. The number of carbonyl (C=O) groups is 1. The Morgan fingerprint density at radius 2 is 1.96 bits per heavy atom. The van der Waals surface area contributed by atoms with Crippen molar-refractivity contribution in [3.63, 3.8) is 0 Å². The molecule has 0 aromatic heterocycles. The molecule has 0 saturated heterocycles. The number of nitrogens with zero attached hydrogens (tertiary/aromatic N) is 1. The van der Waals surface area contributed by atoms with Gasteiger partial charge >= 0.3 is 0 Å². The summed E-state index contributed by atoms with van der Waals surface area (Å²) in [5, 5.41) is 0. The number of amides is 1. The van der Waals surface area contributed by atoms with Crippen molar-refractivity contribution in [2.75, 3.05) is 30.5 Å². The molecule has 5 heteroatoms. The summed E-state index contributed by atoms with van der Waals surface area (Å²) in [5.41, 5.74) is 1.88. The molecule has 0 bridgehead atoms. The molecule has 26 heavy (non-hydrogen) atoms. The lowest BCUT2D eigenvalue weighted by Crippen LogP contribution is -2.32. The zero-order chi connectivity index (χ0) is 19.4. The lowest BCUT2D eigenvalue weighted by Gasteiger charge is -2.24. The number of anilines is 1. The van der Waals surface area contributed by atoms with Gasteiger partial charge in [-0.2, -0.15) is 0 Å². The number of halogens is 1. The number of benzene rings is 1. The molecule has 4 nitrogen and oxygen atoms in total. The monoisotopic (exact) mass is 377 g/mol. The fraction of sp³-hybridized carbons (Fsp3) is 0.381. The minimum atomic E-state index is -0.163. The van der Waals surface area contributed by atoms with Crippen LogP contribution in [-0.4, -0.2) is 31.5 Å². The average molecular weight is 378 g/mol. The first-order valence-corrected chi connectivity index (χ1v) is 9.47. The summed E-state index contributed by atoms with van der Waals surface area (Å²) in [6.45, 7) is 11.2. The highest BCUT2D eigenvalue weighted by molar-refractivity contribution is 6.29. The quantitative estimate of drug-likeness (QED) is 0.488. The zero-order valence-electron chi connectivity index (χ0n) is 15.8. The zero-order valence-corrected chi connectivity index (χ0v) is 16.6. The van der Waals surface area contributed by atoms with Crippen molar-refractivity contribution in [3.8, 4) is 11.5 Å². The second kappa shape index (κ2) is 12.2. The Hall–Kier alpha value is -2.20. The van der Waals surface area contributed by atoms with Gasteiger partial charge in [-0.05, 0) is 24.1 Å². The highest BCUT2D eigenvalue weighted by Crippen LogP contribution is 2.34. The van der Waals surface area contributed by atoms with Crippen molar-refractivity contribution in [1.29, 1.82) is 0 Å². The normalized spacial score (nSPS) is 13.0. The van der Waals surface area contributed by atoms with E-state index < -0.39 is 0 Å². The van der Waals surface area contributed by atoms with Gasteiger partial charge in [-0.3, -0.25) is 4.79 Å². The third-order valence-electron chi connectivity index (χ3n) is 3.61. The van der Waals surface area contributed by atoms with Crippen LogP contribution in [0.25, 0.3) is 0 Å². The van der Waals surface area contributed by atoms with Crippen molar-refractivity contribution in [2.24, 2.45) is 0 Å². The molecule has 0 fully saturated rings. The Balaban J connectivity index is 0.00000163. The minimum absolute atomic E-state index is 0.0780. The van der Waals surface area contributed by atoms with Crippen LogP contribution in [0, 0.1) is 0 Å². The van der Waals surface area contributed by atoms with E-state index in [1.165, 1.54) is 0 Å². The first-order valence-electron chi connectivity index (χ1n) is 8.93. The molecule has 142 valence electrons. The molecule has 0 unspecified atom stereocenters. The van der Waals surface area contributed by atoms with Crippen molar-refractivity contribution < 1.29 is 14.3 Å². The van der Waals surface area contributed by atoms with E-state index in [-0.39, 0.29) is 11.8 Å². The summed E-state index contributed by atoms with van der Waals surface area (Å²) >= 11 is 5.76. The van der Waals surface area contributed by atoms with Gasteiger partial charge in [0.1, 0.15) is 19.1 Å².